The van der Waals surface area contributed by atoms with E-state index in [-0.39, 0.29) is 10.5 Å². The van der Waals surface area contributed by atoms with Gasteiger partial charge >= 0.3 is 0 Å². The maximum absolute atomic E-state index is 12.8. The molecule has 2 unspecified atom stereocenters. The van der Waals surface area contributed by atoms with Crippen molar-refractivity contribution in [3.8, 4) is 6.07 Å². The zero-order valence-electron chi connectivity index (χ0n) is 15.8. The van der Waals surface area contributed by atoms with Crippen LogP contribution < -0.4 is 0 Å². The second-order valence-electron chi connectivity index (χ2n) is 6.71. The maximum atomic E-state index is 12.8. The van der Waals surface area contributed by atoms with E-state index in [1.807, 2.05) is 0 Å². The Hall–Kier alpha value is -2.73. The van der Waals surface area contributed by atoms with Crippen LogP contribution in [-0.4, -0.2) is 51.1 Å². The number of oxime groups is 1. The highest BCUT2D eigenvalue weighted by Crippen LogP contribution is 2.36. The molecule has 9 heteroatoms. The van der Waals surface area contributed by atoms with Gasteiger partial charge in [0.2, 0.25) is 5.91 Å². The molecule has 0 aliphatic carbocycles. The Bertz CT molecular complexity index is 973. The molecule has 0 saturated heterocycles. The van der Waals surface area contributed by atoms with E-state index in [0.717, 1.165) is 6.26 Å². The lowest BCUT2D eigenvalue weighted by molar-refractivity contribution is -0.129. The first-order valence-electron chi connectivity index (χ1n) is 8.16. The molecule has 0 fully saturated rings. The molecule has 0 N–H and O–H groups in total. The molecular formula is C18H21N3O5S. The second-order valence-corrected chi connectivity index (χ2v) is 8.69. The number of Topliss-reactive ketones (excluding diaryl/α,β-unsaturated/α-hetero) is 1. The fourth-order valence-corrected chi connectivity index (χ4v) is 3.98. The van der Waals surface area contributed by atoms with Gasteiger partial charge in [-0.1, -0.05) is 5.16 Å². The number of hydrogen-bond acceptors (Lipinski definition) is 7. The molecule has 0 saturated carbocycles. The Morgan fingerprint density at radius 2 is 1.96 bits per heavy atom. The Kier molecular flexibility index (Phi) is 5.70. The Labute approximate surface area is 158 Å². The summed E-state index contributed by atoms with van der Waals surface area (Å²) in [5.41, 5.74) is 1.52. The van der Waals surface area contributed by atoms with Gasteiger partial charge in [0.1, 0.15) is 0 Å². The number of carbonyl (C=O) groups is 2. The predicted octanol–water partition coefficient (Wildman–Crippen LogP) is 1.65. The number of amides is 1. The van der Waals surface area contributed by atoms with Crippen LogP contribution in [0.3, 0.4) is 0 Å². The molecule has 1 aliphatic heterocycles. The molecule has 8 nitrogen and oxygen atoms in total. The van der Waals surface area contributed by atoms with Gasteiger partial charge in [0, 0.05) is 37.9 Å². The molecule has 1 heterocycles. The average molecular weight is 391 g/mol. The lowest BCUT2D eigenvalue weighted by Crippen LogP contribution is -2.34. The molecular weight excluding hydrogens is 370 g/mol. The van der Waals surface area contributed by atoms with Crippen LogP contribution in [-0.2, 0) is 19.5 Å². The smallest absolute Gasteiger partial charge is 0.247 e. The highest BCUT2D eigenvalue weighted by atomic mass is 32.2. The topological polar surface area (TPSA) is 117 Å². The van der Waals surface area contributed by atoms with Crippen molar-refractivity contribution in [2.75, 3.05) is 20.4 Å². The highest BCUT2D eigenvalue weighted by Gasteiger charge is 2.34. The molecule has 0 bridgehead atoms. The first-order chi connectivity index (χ1) is 12.5. The third-order valence-corrected chi connectivity index (χ3v) is 5.51. The third-order valence-electron chi connectivity index (χ3n) is 4.36. The van der Waals surface area contributed by atoms with Crippen molar-refractivity contribution in [1.82, 2.24) is 4.90 Å². The SMILES string of the molecule is CC1=NOC(c2c(S(C)(=O)=O)ccc(C(=O)C(C#N)C(=O)N(C)C)c2C)C1. The molecule has 1 aliphatic rings. The molecule has 2 rings (SSSR count). The zero-order chi connectivity index (χ0) is 20.5. The Balaban J connectivity index is 2.62. The first-order valence-corrected chi connectivity index (χ1v) is 10.1. The standard InChI is InChI=1S/C18H21N3O5S/c1-10-8-14(26-20-10)16-11(2)12(6-7-15(16)27(5,24)25)17(22)13(9-19)18(23)21(3)4/h6-7,13-14H,8H2,1-5H3. The van der Waals surface area contributed by atoms with Gasteiger partial charge < -0.3 is 9.74 Å². The summed E-state index contributed by atoms with van der Waals surface area (Å²) in [6, 6.07) is 4.39. The molecule has 1 aromatic carbocycles. The molecule has 2 atom stereocenters. The van der Waals surface area contributed by atoms with Crippen LogP contribution in [0.2, 0.25) is 0 Å². The minimum absolute atomic E-state index is 0.0406. The number of nitrogens with zero attached hydrogens (tertiary/aromatic N) is 3. The molecule has 1 aromatic rings. The van der Waals surface area contributed by atoms with Crippen LogP contribution in [0.25, 0.3) is 0 Å². The maximum Gasteiger partial charge on any atom is 0.247 e. The molecule has 0 spiro atoms. The van der Waals surface area contributed by atoms with Crippen LogP contribution in [0.5, 0.6) is 0 Å². The van der Waals surface area contributed by atoms with Crippen LogP contribution >= 0.6 is 0 Å². The van der Waals surface area contributed by atoms with Gasteiger partial charge in [-0.3, -0.25) is 9.59 Å². The van der Waals surface area contributed by atoms with E-state index in [4.69, 9.17) is 4.84 Å². The zero-order valence-corrected chi connectivity index (χ0v) is 16.6. The molecule has 0 aromatic heterocycles. The number of benzene rings is 1. The third kappa shape index (κ3) is 4.01. The molecule has 0 radical (unpaired) electrons. The van der Waals surface area contributed by atoms with Crippen molar-refractivity contribution in [2.45, 2.75) is 31.3 Å². The highest BCUT2D eigenvalue weighted by molar-refractivity contribution is 7.90. The van der Waals surface area contributed by atoms with E-state index >= 15 is 0 Å². The summed E-state index contributed by atoms with van der Waals surface area (Å²) >= 11 is 0. The summed E-state index contributed by atoms with van der Waals surface area (Å²) < 4.78 is 24.4. The van der Waals surface area contributed by atoms with E-state index in [0.29, 0.717) is 23.3 Å². The van der Waals surface area contributed by atoms with Crippen LogP contribution in [0, 0.1) is 24.2 Å². The second kappa shape index (κ2) is 7.48. The van der Waals surface area contributed by atoms with E-state index in [1.54, 1.807) is 19.9 Å². The monoisotopic (exact) mass is 391 g/mol. The van der Waals surface area contributed by atoms with E-state index in [2.05, 4.69) is 5.16 Å². The summed E-state index contributed by atoms with van der Waals surface area (Å²) in [5.74, 6) is -2.81. The van der Waals surface area contributed by atoms with Crippen molar-refractivity contribution >= 4 is 27.2 Å². The summed E-state index contributed by atoms with van der Waals surface area (Å²) in [6.07, 6.45) is 0.815. The van der Waals surface area contributed by atoms with Crippen molar-refractivity contribution in [3.05, 3.63) is 28.8 Å². The number of hydrogen-bond donors (Lipinski definition) is 0. The summed E-state index contributed by atoms with van der Waals surface area (Å²) in [5, 5.41) is 13.2. The quantitative estimate of drug-likeness (QED) is 0.556. The van der Waals surface area contributed by atoms with Crippen molar-refractivity contribution in [1.29, 1.82) is 5.26 Å². The Morgan fingerprint density at radius 3 is 2.41 bits per heavy atom. The number of carbonyl (C=O) groups excluding carboxylic acids is 2. The largest absolute Gasteiger partial charge is 0.387 e. The fraction of sp³-hybridized carbons (Fsp3) is 0.444. The summed E-state index contributed by atoms with van der Waals surface area (Å²) in [6.45, 7) is 3.34. The van der Waals surface area contributed by atoms with E-state index in [1.165, 1.54) is 31.1 Å². The summed E-state index contributed by atoms with van der Waals surface area (Å²) in [7, 11) is -0.680. The van der Waals surface area contributed by atoms with Crippen LogP contribution in [0.1, 0.15) is 40.9 Å². The molecule has 144 valence electrons. The lowest BCUT2D eigenvalue weighted by atomic mass is 9.89. The minimum atomic E-state index is -3.59. The Morgan fingerprint density at radius 1 is 1.33 bits per heavy atom. The number of ketones is 1. The van der Waals surface area contributed by atoms with E-state index in [9.17, 15) is 23.3 Å². The van der Waals surface area contributed by atoms with Crippen molar-refractivity contribution in [2.24, 2.45) is 11.1 Å². The number of nitriles is 1. The first kappa shape index (κ1) is 20.6. The van der Waals surface area contributed by atoms with Crippen molar-refractivity contribution < 1.29 is 22.8 Å². The minimum Gasteiger partial charge on any atom is -0.387 e. The van der Waals surface area contributed by atoms with Gasteiger partial charge in [-0.2, -0.15) is 5.26 Å². The van der Waals surface area contributed by atoms with Gasteiger partial charge in [0.15, 0.2) is 27.6 Å². The number of sulfone groups is 1. The van der Waals surface area contributed by atoms with Crippen LogP contribution in [0.4, 0.5) is 0 Å². The van der Waals surface area contributed by atoms with Gasteiger partial charge in [-0.25, -0.2) is 8.42 Å². The summed E-state index contributed by atoms with van der Waals surface area (Å²) in [4.78, 5) is 31.6. The normalized spacial score (nSPS) is 17.5. The molecule has 27 heavy (non-hydrogen) atoms. The predicted molar refractivity (Wildman–Crippen MR) is 98.0 cm³/mol. The molecule has 1 amide bonds. The van der Waals surface area contributed by atoms with Crippen LogP contribution in [0.15, 0.2) is 22.2 Å². The van der Waals surface area contributed by atoms with Gasteiger partial charge in [-0.15, -0.1) is 0 Å². The average Bonchev–Trinajstić information content (AvgIpc) is 2.99. The van der Waals surface area contributed by atoms with Gasteiger partial charge in [0.05, 0.1) is 16.7 Å². The van der Waals surface area contributed by atoms with E-state index < -0.39 is 33.5 Å². The van der Waals surface area contributed by atoms with Gasteiger partial charge in [0.25, 0.3) is 0 Å². The van der Waals surface area contributed by atoms with Crippen molar-refractivity contribution in [3.63, 3.8) is 0 Å². The fourth-order valence-electron chi connectivity index (χ4n) is 2.98. The van der Waals surface area contributed by atoms with Gasteiger partial charge in [-0.05, 0) is 31.5 Å². The number of rotatable bonds is 5. The lowest BCUT2D eigenvalue weighted by Gasteiger charge is -2.20.